The smallest absolute Gasteiger partial charge is 0.338 e. The van der Waals surface area contributed by atoms with Crippen LogP contribution in [0.1, 0.15) is 6.92 Å². The number of ether oxygens (including phenoxy) is 1. The molecule has 5 heteroatoms. The monoisotopic (exact) mass is 301 g/mol. The largest absolute Gasteiger partial charge is 0.464 e. The number of esters is 1. The van der Waals surface area contributed by atoms with Crippen LogP contribution in [0.4, 0.5) is 0 Å². The third-order valence-electron chi connectivity index (χ3n) is 2.21. The van der Waals surface area contributed by atoms with Crippen LogP contribution in [0.5, 0.6) is 0 Å². The van der Waals surface area contributed by atoms with Crippen molar-refractivity contribution in [3.63, 3.8) is 0 Å². The molecular weight excluding hydrogens is 290 g/mol. The highest BCUT2D eigenvalue weighted by molar-refractivity contribution is 9.10. The summed E-state index contributed by atoms with van der Waals surface area (Å²) in [5.74, 6) is -0.178. The molecule has 1 aliphatic rings. The maximum absolute atomic E-state index is 11.7. The summed E-state index contributed by atoms with van der Waals surface area (Å²) in [6.07, 6.45) is 0. The Morgan fingerprint density at radius 3 is 2.69 bits per heavy atom. The van der Waals surface area contributed by atoms with Crippen molar-refractivity contribution in [2.45, 2.75) is 16.7 Å². The molecule has 1 fully saturated rings. The Bertz CT molecular complexity index is 389. The Hall–Kier alpha value is -0.520. The summed E-state index contributed by atoms with van der Waals surface area (Å²) >= 11 is 4.89. The first-order chi connectivity index (χ1) is 7.66. The van der Waals surface area contributed by atoms with Gasteiger partial charge in [0.25, 0.3) is 0 Å². The van der Waals surface area contributed by atoms with Gasteiger partial charge in [-0.25, -0.2) is 4.79 Å². The highest BCUT2D eigenvalue weighted by Crippen LogP contribution is 2.39. The van der Waals surface area contributed by atoms with Crippen LogP contribution in [0.15, 0.2) is 33.6 Å². The van der Waals surface area contributed by atoms with Gasteiger partial charge in [-0.3, -0.25) is 5.32 Å². The predicted molar refractivity (Wildman–Crippen MR) is 67.4 cm³/mol. The zero-order chi connectivity index (χ0) is 11.6. The van der Waals surface area contributed by atoms with Crippen LogP contribution in [0.3, 0.4) is 0 Å². The highest BCUT2D eigenvalue weighted by atomic mass is 79.9. The third-order valence-corrected chi connectivity index (χ3v) is 4.05. The van der Waals surface area contributed by atoms with Gasteiger partial charge in [0.05, 0.1) is 6.61 Å². The van der Waals surface area contributed by atoms with E-state index in [1.165, 1.54) is 11.8 Å². The van der Waals surface area contributed by atoms with Crippen molar-refractivity contribution in [3.05, 3.63) is 28.7 Å². The predicted octanol–water partition coefficient (Wildman–Crippen LogP) is 2.40. The lowest BCUT2D eigenvalue weighted by Gasteiger charge is -2.11. The molecule has 0 amide bonds. The molecule has 1 N–H and O–H groups in total. The molecule has 1 aliphatic heterocycles. The van der Waals surface area contributed by atoms with Crippen LogP contribution >= 0.6 is 27.7 Å². The SMILES string of the molecule is CCOC(=O)[C@]1(Sc2ccc(Br)cc2)CN1. The van der Waals surface area contributed by atoms with Gasteiger partial charge in [0.2, 0.25) is 0 Å². The molecule has 1 atom stereocenters. The summed E-state index contributed by atoms with van der Waals surface area (Å²) in [5.41, 5.74) is 0. The Labute approximate surface area is 107 Å². The third kappa shape index (κ3) is 2.59. The molecule has 0 unspecified atom stereocenters. The van der Waals surface area contributed by atoms with Crippen molar-refractivity contribution in [3.8, 4) is 0 Å². The van der Waals surface area contributed by atoms with Gasteiger partial charge < -0.3 is 4.74 Å². The minimum absolute atomic E-state index is 0.178. The van der Waals surface area contributed by atoms with Crippen LogP contribution in [-0.2, 0) is 9.53 Å². The maximum Gasteiger partial charge on any atom is 0.338 e. The molecule has 1 aromatic carbocycles. The van der Waals surface area contributed by atoms with Crippen molar-refractivity contribution in [1.82, 2.24) is 5.32 Å². The molecule has 2 rings (SSSR count). The van der Waals surface area contributed by atoms with E-state index in [-0.39, 0.29) is 5.97 Å². The molecule has 0 saturated carbocycles. The van der Waals surface area contributed by atoms with Crippen LogP contribution in [0.2, 0.25) is 0 Å². The molecule has 0 spiro atoms. The van der Waals surface area contributed by atoms with E-state index in [4.69, 9.17) is 4.74 Å². The number of hydrogen-bond acceptors (Lipinski definition) is 4. The summed E-state index contributed by atoms with van der Waals surface area (Å²) in [4.78, 5) is 12.2. The Balaban J connectivity index is 2.04. The first-order valence-corrected chi connectivity index (χ1v) is 6.64. The lowest BCUT2D eigenvalue weighted by Crippen LogP contribution is -2.26. The highest BCUT2D eigenvalue weighted by Gasteiger charge is 2.52. The second-order valence-electron chi connectivity index (χ2n) is 3.46. The van der Waals surface area contributed by atoms with E-state index in [0.29, 0.717) is 13.2 Å². The van der Waals surface area contributed by atoms with Gasteiger partial charge in [-0.15, -0.1) is 0 Å². The molecule has 0 aromatic heterocycles. The second kappa shape index (κ2) is 4.77. The molecule has 1 heterocycles. The van der Waals surface area contributed by atoms with E-state index >= 15 is 0 Å². The van der Waals surface area contributed by atoms with Crippen molar-refractivity contribution < 1.29 is 9.53 Å². The summed E-state index contributed by atoms with van der Waals surface area (Å²) in [7, 11) is 0. The van der Waals surface area contributed by atoms with Crippen LogP contribution in [-0.4, -0.2) is 24.0 Å². The Morgan fingerprint density at radius 2 is 2.19 bits per heavy atom. The number of nitrogens with one attached hydrogen (secondary N) is 1. The maximum atomic E-state index is 11.7. The molecule has 1 aromatic rings. The number of hydrogen-bond donors (Lipinski definition) is 1. The minimum Gasteiger partial charge on any atom is -0.464 e. The van der Waals surface area contributed by atoms with Crippen LogP contribution < -0.4 is 5.32 Å². The van der Waals surface area contributed by atoms with Gasteiger partial charge in [0.1, 0.15) is 0 Å². The molecule has 0 radical (unpaired) electrons. The molecule has 16 heavy (non-hydrogen) atoms. The fourth-order valence-corrected chi connectivity index (χ4v) is 2.59. The first kappa shape index (κ1) is 12.0. The van der Waals surface area contributed by atoms with Gasteiger partial charge >= 0.3 is 5.97 Å². The van der Waals surface area contributed by atoms with Gasteiger partial charge in [0.15, 0.2) is 4.87 Å². The zero-order valence-electron chi connectivity index (χ0n) is 8.83. The fraction of sp³-hybridized carbons (Fsp3) is 0.364. The van der Waals surface area contributed by atoms with Gasteiger partial charge in [-0.05, 0) is 31.2 Å². The second-order valence-corrected chi connectivity index (χ2v) is 5.75. The van der Waals surface area contributed by atoms with Gasteiger partial charge in [-0.1, -0.05) is 27.7 Å². The van der Waals surface area contributed by atoms with E-state index in [1.54, 1.807) is 0 Å². The Kier molecular flexibility index (Phi) is 3.56. The normalized spacial score (nSPS) is 22.9. The Morgan fingerprint density at radius 1 is 1.56 bits per heavy atom. The van der Waals surface area contributed by atoms with E-state index in [1.807, 2.05) is 31.2 Å². The number of carbonyl (C=O) groups is 1. The van der Waals surface area contributed by atoms with E-state index in [2.05, 4.69) is 21.2 Å². The summed E-state index contributed by atoms with van der Waals surface area (Å²) < 4.78 is 6.07. The number of carbonyl (C=O) groups excluding carboxylic acids is 1. The number of halogens is 1. The lowest BCUT2D eigenvalue weighted by molar-refractivity contribution is -0.143. The van der Waals surface area contributed by atoms with E-state index in [9.17, 15) is 4.79 Å². The van der Waals surface area contributed by atoms with Crippen LogP contribution in [0, 0.1) is 0 Å². The topological polar surface area (TPSA) is 48.2 Å². The number of rotatable bonds is 4. The quantitative estimate of drug-likeness (QED) is 0.685. The lowest BCUT2D eigenvalue weighted by atomic mass is 10.4. The van der Waals surface area contributed by atoms with Crippen molar-refractivity contribution in [1.29, 1.82) is 0 Å². The number of benzene rings is 1. The first-order valence-electron chi connectivity index (χ1n) is 5.03. The van der Waals surface area contributed by atoms with E-state index < -0.39 is 4.87 Å². The molecule has 1 saturated heterocycles. The average Bonchev–Trinajstić information content (AvgIpc) is 3.03. The van der Waals surface area contributed by atoms with Crippen molar-refractivity contribution in [2.75, 3.05) is 13.2 Å². The minimum atomic E-state index is -0.552. The molecule has 3 nitrogen and oxygen atoms in total. The van der Waals surface area contributed by atoms with Gasteiger partial charge in [-0.2, -0.15) is 0 Å². The molecule has 86 valence electrons. The standard InChI is InChI=1S/C11H12BrNO2S/c1-2-15-10(14)11(7-13-11)16-9-5-3-8(12)4-6-9/h3-6,13H,2,7H2,1H3/t11-/m1/s1. The molecule has 0 aliphatic carbocycles. The summed E-state index contributed by atoms with van der Waals surface area (Å²) in [6.45, 7) is 2.91. The summed E-state index contributed by atoms with van der Waals surface area (Å²) in [6, 6.07) is 7.89. The zero-order valence-corrected chi connectivity index (χ0v) is 11.2. The summed E-state index contributed by atoms with van der Waals surface area (Å²) in [5, 5.41) is 3.07. The van der Waals surface area contributed by atoms with Crippen molar-refractivity contribution >= 4 is 33.7 Å². The molecular formula is C11H12BrNO2S. The molecule has 0 bridgehead atoms. The van der Waals surface area contributed by atoms with Crippen molar-refractivity contribution in [2.24, 2.45) is 0 Å². The average molecular weight is 302 g/mol. The fourth-order valence-electron chi connectivity index (χ4n) is 1.29. The number of thioether (sulfide) groups is 1. The van der Waals surface area contributed by atoms with Gasteiger partial charge in [0, 0.05) is 15.9 Å². The van der Waals surface area contributed by atoms with Crippen LogP contribution in [0.25, 0.3) is 0 Å². The van der Waals surface area contributed by atoms with E-state index in [0.717, 1.165) is 9.37 Å².